The van der Waals surface area contributed by atoms with Crippen LogP contribution in [0.4, 0.5) is 0 Å². The van der Waals surface area contributed by atoms with Gasteiger partial charge in [0.05, 0.1) is 0 Å². The third-order valence-corrected chi connectivity index (χ3v) is 3.41. The molecule has 2 nitrogen and oxygen atoms in total. The molecule has 0 radical (unpaired) electrons. The summed E-state index contributed by atoms with van der Waals surface area (Å²) in [5.74, 6) is 0. The van der Waals surface area contributed by atoms with Crippen LogP contribution in [0.1, 0.15) is 23.7 Å². The molecule has 0 aliphatic carbocycles. The van der Waals surface area contributed by atoms with Crippen LogP contribution in [0.15, 0.2) is 47.1 Å². The second-order valence-corrected chi connectivity index (χ2v) is 5.18. The zero-order valence-electron chi connectivity index (χ0n) is 9.81. The van der Waals surface area contributed by atoms with E-state index in [1.165, 1.54) is 0 Å². The summed E-state index contributed by atoms with van der Waals surface area (Å²) in [7, 11) is 0. The van der Waals surface area contributed by atoms with Gasteiger partial charge in [0.2, 0.25) is 0 Å². The van der Waals surface area contributed by atoms with Crippen molar-refractivity contribution in [1.82, 2.24) is 4.98 Å². The number of aromatic nitrogens is 1. The molecule has 0 spiro atoms. The highest BCUT2D eigenvalue weighted by Crippen LogP contribution is 2.29. The lowest BCUT2D eigenvalue weighted by Gasteiger charge is -2.24. The van der Waals surface area contributed by atoms with Crippen molar-refractivity contribution in [1.29, 1.82) is 0 Å². The molecule has 3 heteroatoms. The Hall–Kier alpha value is -1.19. The van der Waals surface area contributed by atoms with Gasteiger partial charge in [-0.05, 0) is 37.6 Å². The van der Waals surface area contributed by atoms with Crippen molar-refractivity contribution < 1.29 is 5.11 Å². The van der Waals surface area contributed by atoms with Crippen LogP contribution in [0.25, 0.3) is 0 Å². The number of hydrogen-bond acceptors (Lipinski definition) is 2. The van der Waals surface area contributed by atoms with E-state index < -0.39 is 5.60 Å². The number of aliphatic hydroxyl groups is 1. The molecule has 17 heavy (non-hydrogen) atoms. The van der Waals surface area contributed by atoms with E-state index in [9.17, 15) is 5.11 Å². The molecule has 0 saturated heterocycles. The van der Waals surface area contributed by atoms with Gasteiger partial charge in [0.25, 0.3) is 0 Å². The van der Waals surface area contributed by atoms with Crippen LogP contribution in [0.3, 0.4) is 0 Å². The minimum Gasteiger partial charge on any atom is -0.381 e. The van der Waals surface area contributed by atoms with Crippen LogP contribution < -0.4 is 0 Å². The topological polar surface area (TPSA) is 33.1 Å². The van der Waals surface area contributed by atoms with Gasteiger partial charge in [0, 0.05) is 21.9 Å². The van der Waals surface area contributed by atoms with Crippen molar-refractivity contribution in [3.63, 3.8) is 0 Å². The lowest BCUT2D eigenvalue weighted by Crippen LogP contribution is -2.22. The van der Waals surface area contributed by atoms with Crippen molar-refractivity contribution in [2.24, 2.45) is 0 Å². The zero-order chi connectivity index (χ0) is 12.5. The second kappa shape index (κ2) is 4.59. The Kier molecular flexibility index (Phi) is 3.31. The molecule has 1 unspecified atom stereocenters. The lowest BCUT2D eigenvalue weighted by molar-refractivity contribution is 0.102. The molecule has 0 amide bonds. The first kappa shape index (κ1) is 12.3. The fraction of sp³-hybridized carbons (Fsp3) is 0.214. The average molecular weight is 292 g/mol. The van der Waals surface area contributed by atoms with Crippen molar-refractivity contribution >= 4 is 15.9 Å². The summed E-state index contributed by atoms with van der Waals surface area (Å²) in [5.41, 5.74) is 1.58. The molecule has 1 N–H and O–H groups in total. The normalized spacial score (nSPS) is 14.4. The Bertz CT molecular complexity index is 455. The summed E-state index contributed by atoms with van der Waals surface area (Å²) >= 11 is 3.38. The predicted octanol–water partition coefficient (Wildman–Crippen LogP) is 3.41. The molecule has 88 valence electrons. The number of halogens is 1. The third kappa shape index (κ3) is 2.56. The van der Waals surface area contributed by atoms with E-state index in [-0.39, 0.29) is 0 Å². The number of hydrogen-bond donors (Lipinski definition) is 1. The van der Waals surface area contributed by atoms with E-state index in [1.807, 2.05) is 43.3 Å². The molecule has 0 saturated carbocycles. The minimum atomic E-state index is -1.01. The monoisotopic (exact) mass is 291 g/mol. The maximum absolute atomic E-state index is 10.6. The summed E-state index contributed by atoms with van der Waals surface area (Å²) in [6.45, 7) is 3.71. The summed E-state index contributed by atoms with van der Waals surface area (Å²) in [5, 5.41) is 10.6. The first-order valence-corrected chi connectivity index (χ1v) is 6.21. The molecule has 1 aromatic carbocycles. The fourth-order valence-corrected chi connectivity index (χ4v) is 1.96. The SMILES string of the molecule is Cc1ccc(C(C)(O)c2ccc(Br)cc2)cn1. The molecule has 2 aromatic rings. The number of rotatable bonds is 2. The first-order valence-electron chi connectivity index (χ1n) is 5.42. The Balaban J connectivity index is 2.41. The molecule has 0 fully saturated rings. The number of nitrogens with zero attached hydrogens (tertiary/aromatic N) is 1. The molecule has 1 heterocycles. The lowest BCUT2D eigenvalue weighted by atomic mass is 9.89. The smallest absolute Gasteiger partial charge is 0.113 e. The summed E-state index contributed by atoms with van der Waals surface area (Å²) in [6, 6.07) is 11.5. The average Bonchev–Trinajstić information content (AvgIpc) is 2.30. The van der Waals surface area contributed by atoms with Gasteiger partial charge in [-0.15, -0.1) is 0 Å². The van der Waals surface area contributed by atoms with Crippen molar-refractivity contribution in [2.45, 2.75) is 19.4 Å². The van der Waals surface area contributed by atoms with Gasteiger partial charge in [-0.1, -0.05) is 34.1 Å². The van der Waals surface area contributed by atoms with Gasteiger partial charge in [-0.2, -0.15) is 0 Å². The number of benzene rings is 1. The van der Waals surface area contributed by atoms with Crippen LogP contribution >= 0.6 is 15.9 Å². The summed E-state index contributed by atoms with van der Waals surface area (Å²) < 4.78 is 0.999. The van der Waals surface area contributed by atoms with Gasteiger partial charge < -0.3 is 5.11 Å². The standard InChI is InChI=1S/C14H14BrNO/c1-10-3-4-12(9-16-10)14(2,17)11-5-7-13(15)8-6-11/h3-9,17H,1-2H3. The maximum atomic E-state index is 10.6. The number of aryl methyl sites for hydroxylation is 1. The fourth-order valence-electron chi connectivity index (χ4n) is 1.70. The first-order chi connectivity index (χ1) is 8.00. The van der Waals surface area contributed by atoms with Crippen LogP contribution in [0.5, 0.6) is 0 Å². The van der Waals surface area contributed by atoms with Gasteiger partial charge in [0.15, 0.2) is 0 Å². The van der Waals surface area contributed by atoms with E-state index in [2.05, 4.69) is 20.9 Å². The minimum absolute atomic E-state index is 0.797. The molecule has 0 bridgehead atoms. The van der Waals surface area contributed by atoms with Gasteiger partial charge in [0.1, 0.15) is 5.60 Å². The molecule has 1 aromatic heterocycles. The quantitative estimate of drug-likeness (QED) is 0.920. The second-order valence-electron chi connectivity index (χ2n) is 4.27. The number of pyridine rings is 1. The Labute approximate surface area is 109 Å². The summed E-state index contributed by atoms with van der Waals surface area (Å²) in [4.78, 5) is 4.22. The Morgan fingerprint density at radius 3 is 2.18 bits per heavy atom. The molecule has 2 rings (SSSR count). The molecular weight excluding hydrogens is 278 g/mol. The largest absolute Gasteiger partial charge is 0.381 e. The van der Waals surface area contributed by atoms with Crippen molar-refractivity contribution in [3.05, 3.63) is 63.9 Å². The maximum Gasteiger partial charge on any atom is 0.113 e. The van der Waals surface area contributed by atoms with Gasteiger partial charge >= 0.3 is 0 Å². The molecule has 0 aliphatic heterocycles. The Morgan fingerprint density at radius 2 is 1.65 bits per heavy atom. The molecule has 1 atom stereocenters. The van der Waals surface area contributed by atoms with Crippen molar-refractivity contribution in [3.8, 4) is 0 Å². The highest BCUT2D eigenvalue weighted by atomic mass is 79.9. The van der Waals surface area contributed by atoms with E-state index in [1.54, 1.807) is 13.1 Å². The highest BCUT2D eigenvalue weighted by Gasteiger charge is 2.25. The van der Waals surface area contributed by atoms with E-state index in [0.29, 0.717) is 0 Å². The summed E-state index contributed by atoms with van der Waals surface area (Å²) in [6.07, 6.45) is 1.72. The van der Waals surface area contributed by atoms with Crippen molar-refractivity contribution in [2.75, 3.05) is 0 Å². The van der Waals surface area contributed by atoms with Crippen LogP contribution in [-0.2, 0) is 5.60 Å². The van der Waals surface area contributed by atoms with E-state index in [4.69, 9.17) is 0 Å². The van der Waals surface area contributed by atoms with Gasteiger partial charge in [-0.3, -0.25) is 4.98 Å². The third-order valence-electron chi connectivity index (χ3n) is 2.88. The van der Waals surface area contributed by atoms with E-state index in [0.717, 1.165) is 21.3 Å². The van der Waals surface area contributed by atoms with Gasteiger partial charge in [-0.25, -0.2) is 0 Å². The highest BCUT2D eigenvalue weighted by molar-refractivity contribution is 9.10. The predicted molar refractivity (Wildman–Crippen MR) is 71.8 cm³/mol. The molecule has 0 aliphatic rings. The van der Waals surface area contributed by atoms with Crippen LogP contribution in [-0.4, -0.2) is 10.1 Å². The molecular formula is C14H14BrNO. The van der Waals surface area contributed by atoms with Crippen LogP contribution in [0, 0.1) is 6.92 Å². The van der Waals surface area contributed by atoms with Crippen LogP contribution in [0.2, 0.25) is 0 Å². The zero-order valence-corrected chi connectivity index (χ0v) is 11.4. The van der Waals surface area contributed by atoms with E-state index >= 15 is 0 Å². The Morgan fingerprint density at radius 1 is 1.06 bits per heavy atom.